The molecule has 0 fully saturated rings. The molecule has 14 nitrogen and oxygen atoms in total. The van der Waals surface area contributed by atoms with Crippen LogP contribution >= 0.6 is 0 Å². The number of rotatable bonds is 5. The lowest BCUT2D eigenvalue weighted by molar-refractivity contribution is -0.473. The SMILES string of the molecule is CC(C)(C)C(C(=O)OOC(=O)C1=C(C(=O)O)C(=O)OOO1)=C(C(=O)O)C(=O)O. The summed E-state index contributed by atoms with van der Waals surface area (Å²) in [7, 11) is 0. The third kappa shape index (κ3) is 4.82. The number of aliphatic carboxylic acids is 3. The molecule has 0 aliphatic carbocycles. The number of hydrogen-bond donors (Lipinski definition) is 3. The maximum Gasteiger partial charge on any atom is 0.426 e. The Hall–Kier alpha value is -3.94. The van der Waals surface area contributed by atoms with Crippen molar-refractivity contribution in [3.8, 4) is 0 Å². The van der Waals surface area contributed by atoms with Crippen molar-refractivity contribution < 1.29 is 68.7 Å². The Morgan fingerprint density at radius 2 is 1.43 bits per heavy atom. The molecule has 1 aliphatic heterocycles. The van der Waals surface area contributed by atoms with E-state index in [9.17, 15) is 28.8 Å². The topological polar surface area (TPSA) is 209 Å². The summed E-state index contributed by atoms with van der Waals surface area (Å²) in [5, 5.41) is 30.6. The fourth-order valence-corrected chi connectivity index (χ4v) is 1.82. The number of hydrogen-bond acceptors (Lipinski definition) is 11. The van der Waals surface area contributed by atoms with E-state index in [2.05, 4.69) is 24.6 Å². The van der Waals surface area contributed by atoms with Gasteiger partial charge in [0.2, 0.25) is 5.57 Å². The van der Waals surface area contributed by atoms with Gasteiger partial charge in [0, 0.05) is 5.04 Å². The van der Waals surface area contributed by atoms with E-state index in [1.165, 1.54) is 20.8 Å². The lowest BCUT2D eigenvalue weighted by Gasteiger charge is -2.21. The Morgan fingerprint density at radius 1 is 0.893 bits per heavy atom. The molecule has 0 radical (unpaired) electrons. The minimum Gasteiger partial charge on any atom is -0.477 e. The molecule has 3 N–H and O–H groups in total. The molecule has 0 aromatic rings. The van der Waals surface area contributed by atoms with Crippen LogP contribution in [0.25, 0.3) is 0 Å². The van der Waals surface area contributed by atoms with Crippen LogP contribution in [0, 0.1) is 5.41 Å². The normalized spacial score (nSPS) is 13.6. The second kappa shape index (κ2) is 8.17. The summed E-state index contributed by atoms with van der Waals surface area (Å²) in [5.74, 6) is -12.4. The van der Waals surface area contributed by atoms with Crippen LogP contribution in [-0.4, -0.2) is 51.1 Å². The van der Waals surface area contributed by atoms with E-state index >= 15 is 0 Å². The molecule has 1 heterocycles. The molecular formula is C14H12O14. The Balaban J connectivity index is 3.20. The van der Waals surface area contributed by atoms with Gasteiger partial charge in [0.05, 0.1) is 5.57 Å². The highest BCUT2D eigenvalue weighted by molar-refractivity contribution is 6.19. The van der Waals surface area contributed by atoms with Gasteiger partial charge in [-0.1, -0.05) is 20.8 Å². The standard InChI is InChI=1S/C14H12O14/c1-14(2,3)6(4(8(15)16)9(17)18)12(22)25-26-13(23)7-5(10(19)20)11(21)27-28-24-7/h1-3H3,(H,15,16)(H,17,18)(H,19,20). The fourth-order valence-electron chi connectivity index (χ4n) is 1.82. The molecule has 0 bridgehead atoms. The first-order chi connectivity index (χ1) is 12.8. The van der Waals surface area contributed by atoms with Crippen LogP contribution in [0.4, 0.5) is 0 Å². The Bertz CT molecular complexity index is 805. The van der Waals surface area contributed by atoms with Crippen molar-refractivity contribution >= 4 is 35.8 Å². The van der Waals surface area contributed by atoms with Gasteiger partial charge in [-0.2, -0.15) is 0 Å². The smallest absolute Gasteiger partial charge is 0.426 e. The van der Waals surface area contributed by atoms with Gasteiger partial charge in [0.15, 0.2) is 5.57 Å². The highest BCUT2D eigenvalue weighted by atomic mass is 17.5. The van der Waals surface area contributed by atoms with Gasteiger partial charge in [-0.05, 0) is 5.41 Å². The molecule has 1 aliphatic rings. The molecule has 0 aromatic carbocycles. The van der Waals surface area contributed by atoms with Crippen LogP contribution in [0.2, 0.25) is 0 Å². The molecule has 0 unspecified atom stereocenters. The Labute approximate surface area is 154 Å². The molecule has 0 saturated heterocycles. The molecular weight excluding hydrogens is 392 g/mol. The minimum absolute atomic E-state index is 0.882. The number of carbonyl (C=O) groups excluding carboxylic acids is 3. The predicted molar refractivity (Wildman–Crippen MR) is 76.9 cm³/mol. The molecule has 28 heavy (non-hydrogen) atoms. The van der Waals surface area contributed by atoms with E-state index < -0.39 is 63.7 Å². The highest BCUT2D eigenvalue weighted by Crippen LogP contribution is 2.30. The summed E-state index contributed by atoms with van der Waals surface area (Å²) in [6.45, 7) is 3.82. The maximum absolute atomic E-state index is 12.1. The van der Waals surface area contributed by atoms with Crippen molar-refractivity contribution in [3.05, 3.63) is 22.5 Å². The van der Waals surface area contributed by atoms with Gasteiger partial charge in [-0.3, -0.25) is 9.78 Å². The van der Waals surface area contributed by atoms with Crippen LogP contribution in [0.3, 0.4) is 0 Å². The quantitative estimate of drug-likeness (QED) is 0.169. The molecule has 0 atom stereocenters. The van der Waals surface area contributed by atoms with Crippen LogP contribution in [0.15, 0.2) is 22.5 Å². The summed E-state index contributed by atoms with van der Waals surface area (Å²) in [6.07, 6.45) is 0. The van der Waals surface area contributed by atoms with Crippen LogP contribution in [-0.2, 0) is 53.4 Å². The first-order valence-electron chi connectivity index (χ1n) is 6.96. The molecule has 152 valence electrons. The molecule has 0 amide bonds. The average Bonchev–Trinajstić information content (AvgIpc) is 2.54. The van der Waals surface area contributed by atoms with Crippen molar-refractivity contribution in [1.82, 2.24) is 0 Å². The molecule has 1 rings (SSSR count). The van der Waals surface area contributed by atoms with Crippen LogP contribution in [0.5, 0.6) is 0 Å². The van der Waals surface area contributed by atoms with Gasteiger partial charge < -0.3 is 15.3 Å². The maximum atomic E-state index is 12.1. The summed E-state index contributed by atoms with van der Waals surface area (Å²) in [6, 6.07) is 0. The van der Waals surface area contributed by atoms with Gasteiger partial charge in [-0.25, -0.2) is 38.5 Å². The third-order valence-corrected chi connectivity index (χ3v) is 2.88. The van der Waals surface area contributed by atoms with Crippen molar-refractivity contribution in [2.75, 3.05) is 0 Å². The van der Waals surface area contributed by atoms with E-state index in [0.29, 0.717) is 0 Å². The summed E-state index contributed by atoms with van der Waals surface area (Å²) < 4.78 is 0. The van der Waals surface area contributed by atoms with Gasteiger partial charge in [-0.15, -0.1) is 0 Å². The summed E-state index contributed by atoms with van der Waals surface area (Å²) in [5.41, 5.74) is -4.97. The average molecular weight is 404 g/mol. The van der Waals surface area contributed by atoms with Gasteiger partial charge in [0.1, 0.15) is 0 Å². The second-order valence-corrected chi connectivity index (χ2v) is 5.88. The van der Waals surface area contributed by atoms with E-state index in [0.717, 1.165) is 0 Å². The number of carboxylic acid groups (broad SMARTS) is 3. The second-order valence-electron chi connectivity index (χ2n) is 5.88. The Morgan fingerprint density at radius 3 is 1.86 bits per heavy atom. The van der Waals surface area contributed by atoms with Gasteiger partial charge >= 0.3 is 35.8 Å². The monoisotopic (exact) mass is 404 g/mol. The molecule has 14 heteroatoms. The Kier molecular flexibility index (Phi) is 6.45. The third-order valence-electron chi connectivity index (χ3n) is 2.88. The number of carbonyl (C=O) groups is 6. The summed E-state index contributed by atoms with van der Waals surface area (Å²) >= 11 is 0. The molecule has 0 spiro atoms. The largest absolute Gasteiger partial charge is 0.477 e. The number of carboxylic acids is 3. The van der Waals surface area contributed by atoms with Crippen LogP contribution in [0.1, 0.15) is 20.8 Å². The molecule has 0 saturated carbocycles. The van der Waals surface area contributed by atoms with E-state index in [-0.39, 0.29) is 0 Å². The van der Waals surface area contributed by atoms with E-state index in [1.807, 2.05) is 0 Å². The lowest BCUT2D eigenvalue weighted by Crippen LogP contribution is -2.30. The van der Waals surface area contributed by atoms with Crippen LogP contribution < -0.4 is 0 Å². The van der Waals surface area contributed by atoms with Crippen molar-refractivity contribution in [3.63, 3.8) is 0 Å². The first kappa shape index (κ1) is 22.1. The first-order valence-corrected chi connectivity index (χ1v) is 6.96. The predicted octanol–water partition coefficient (Wildman–Crippen LogP) is -0.742. The van der Waals surface area contributed by atoms with E-state index in [1.54, 1.807) is 0 Å². The fraction of sp³-hybridized carbons (Fsp3) is 0.286. The van der Waals surface area contributed by atoms with Crippen molar-refractivity contribution in [2.24, 2.45) is 5.41 Å². The van der Waals surface area contributed by atoms with E-state index in [4.69, 9.17) is 15.3 Å². The zero-order chi connectivity index (χ0) is 21.8. The zero-order valence-corrected chi connectivity index (χ0v) is 14.3. The molecule has 0 aromatic heterocycles. The van der Waals surface area contributed by atoms with Crippen molar-refractivity contribution in [2.45, 2.75) is 20.8 Å². The highest BCUT2D eigenvalue weighted by Gasteiger charge is 2.40. The summed E-state index contributed by atoms with van der Waals surface area (Å²) in [4.78, 5) is 84.4. The zero-order valence-electron chi connectivity index (χ0n) is 14.3. The minimum atomic E-state index is -1.97. The lowest BCUT2D eigenvalue weighted by atomic mass is 9.83. The van der Waals surface area contributed by atoms with Crippen molar-refractivity contribution in [1.29, 1.82) is 0 Å². The van der Waals surface area contributed by atoms with Gasteiger partial charge in [0.25, 0.3) is 5.76 Å².